The maximum atomic E-state index is 14.0. The molecule has 8 heteroatoms. The van der Waals surface area contributed by atoms with Crippen molar-refractivity contribution in [3.8, 4) is 0 Å². The Morgan fingerprint density at radius 3 is 1.82 bits per heavy atom. The Morgan fingerprint density at radius 2 is 1.24 bits per heavy atom. The van der Waals surface area contributed by atoms with Gasteiger partial charge in [-0.15, -0.1) is 0 Å². The number of ketones is 4. The van der Waals surface area contributed by atoms with Gasteiger partial charge >= 0.3 is 0 Å². The van der Waals surface area contributed by atoms with Crippen molar-refractivity contribution in [2.75, 3.05) is 0 Å². The van der Waals surface area contributed by atoms with Crippen LogP contribution in [0.4, 0.5) is 0 Å². The predicted molar refractivity (Wildman–Crippen MR) is 190 cm³/mol. The molecule has 0 bridgehead atoms. The number of allylic oxidation sites excluding steroid dienone is 5. The molecule has 8 nitrogen and oxygen atoms in total. The lowest BCUT2D eigenvalue weighted by molar-refractivity contribution is -0.181. The largest absolute Gasteiger partial charge is 0.393 e. The lowest BCUT2D eigenvalue weighted by Gasteiger charge is -2.60. The minimum Gasteiger partial charge on any atom is -0.393 e. The summed E-state index contributed by atoms with van der Waals surface area (Å²) in [4.78, 5) is 52.5. The van der Waals surface area contributed by atoms with Crippen molar-refractivity contribution in [2.24, 2.45) is 57.2 Å². The summed E-state index contributed by atoms with van der Waals surface area (Å²) in [5.41, 5.74) is -3.18. The molecule has 278 valence electrons. The summed E-state index contributed by atoms with van der Waals surface area (Å²) in [5.74, 6) is -0.0322. The van der Waals surface area contributed by atoms with E-state index < -0.39 is 39.7 Å². The normalized spacial score (nSPS) is 51.3. The minimum atomic E-state index is -1.60. The molecule has 6 fully saturated rings. The Bertz CT molecular complexity index is 1660. The van der Waals surface area contributed by atoms with Gasteiger partial charge < -0.3 is 20.4 Å². The number of fused-ring (bicyclic) bond motifs is 10. The summed E-state index contributed by atoms with van der Waals surface area (Å²) in [5, 5.41) is 47.9. The van der Waals surface area contributed by atoms with Crippen LogP contribution < -0.4 is 0 Å². The van der Waals surface area contributed by atoms with Gasteiger partial charge in [0.05, 0.1) is 12.2 Å². The fourth-order valence-electron chi connectivity index (χ4n) is 14.8. The lowest BCUT2D eigenvalue weighted by atomic mass is 9.45. The zero-order chi connectivity index (χ0) is 36.5. The number of aliphatic hydroxyl groups excluding tert-OH is 2. The number of hydrogen-bond donors (Lipinski definition) is 4. The molecule has 4 N–H and O–H groups in total. The maximum Gasteiger partial charge on any atom is 0.178 e. The van der Waals surface area contributed by atoms with Crippen molar-refractivity contribution < 1.29 is 39.6 Å². The molecule has 0 aromatic carbocycles. The van der Waals surface area contributed by atoms with Crippen LogP contribution in [-0.2, 0) is 19.2 Å². The molecule has 0 radical (unpaired) electrons. The van der Waals surface area contributed by atoms with Gasteiger partial charge in [-0.2, -0.15) is 0 Å². The standard InChI is InChI=1S/C43H58O8/c1-38-16-12-26(44)20-24(38)8-10-28-30-14-18-42(50,40(30,3)22-32(46)36(28)38)34(48)6-5-7-35(49)43(51)19-15-31-29-11-9-25-21-27(45)13-17-39(25,2)37(29)33(47)23-41(31,43)4/h12,16,20-21,28-33,36-37,46-47,50-51H,5-11,13-15,17-19,22-23H2,1-4H3/t28-,29-,30-,31-,32-,33-,36+,37+,38-,39-,40-,41-,42-,43-/m0/s1. The molecule has 0 unspecified atom stereocenters. The molecule has 14 atom stereocenters. The first-order valence-corrected chi connectivity index (χ1v) is 20.0. The summed E-state index contributed by atoms with van der Waals surface area (Å²) < 4.78 is 0. The second-order valence-corrected chi connectivity index (χ2v) is 19.3. The molecule has 51 heavy (non-hydrogen) atoms. The Kier molecular flexibility index (Phi) is 8.15. The maximum absolute atomic E-state index is 14.0. The quantitative estimate of drug-likeness (QED) is 0.282. The number of hydrogen-bond acceptors (Lipinski definition) is 8. The Balaban J connectivity index is 0.942. The van der Waals surface area contributed by atoms with Crippen molar-refractivity contribution in [2.45, 2.75) is 147 Å². The molecule has 0 heterocycles. The van der Waals surface area contributed by atoms with Crippen molar-refractivity contribution in [1.82, 2.24) is 0 Å². The third kappa shape index (κ3) is 4.70. The van der Waals surface area contributed by atoms with Crippen molar-refractivity contribution in [3.63, 3.8) is 0 Å². The van der Waals surface area contributed by atoms with Gasteiger partial charge in [0.25, 0.3) is 0 Å². The molecule has 8 rings (SSSR count). The van der Waals surface area contributed by atoms with E-state index in [0.29, 0.717) is 44.9 Å². The fraction of sp³-hybridized carbons (Fsp3) is 0.767. The summed E-state index contributed by atoms with van der Waals surface area (Å²) in [6, 6.07) is 0. The van der Waals surface area contributed by atoms with Gasteiger partial charge in [0.15, 0.2) is 23.1 Å². The molecule has 0 saturated heterocycles. The van der Waals surface area contributed by atoms with Crippen LogP contribution in [0.5, 0.6) is 0 Å². The SMILES string of the molecule is C[C@]12C=CC(=O)C=C1CC[C@@H]1[C@@H]2[C@@H](O)C[C@@]2(C)[C@H]1CC[C@]2(O)C(=O)CCCC(=O)[C@@]1(O)CC[C@H]2[C@@H]3CCC4=CC(=O)CC[C@]4(C)[C@H]3[C@@H](O)C[C@@]21C. The highest BCUT2D eigenvalue weighted by Gasteiger charge is 2.70. The van der Waals surface area contributed by atoms with Gasteiger partial charge in [-0.3, -0.25) is 19.2 Å². The summed E-state index contributed by atoms with van der Waals surface area (Å²) in [6.45, 7) is 8.27. The molecule has 0 aliphatic heterocycles. The summed E-state index contributed by atoms with van der Waals surface area (Å²) in [6.07, 6.45) is 13.2. The molecule has 0 aromatic rings. The van der Waals surface area contributed by atoms with E-state index in [-0.39, 0.29) is 83.3 Å². The first kappa shape index (κ1) is 35.8. The van der Waals surface area contributed by atoms with E-state index in [0.717, 1.165) is 43.3 Å². The van der Waals surface area contributed by atoms with Crippen molar-refractivity contribution in [3.05, 3.63) is 35.5 Å². The summed E-state index contributed by atoms with van der Waals surface area (Å²) in [7, 11) is 0. The molecule has 6 saturated carbocycles. The average Bonchev–Trinajstić information content (AvgIpc) is 3.50. The molecule has 0 spiro atoms. The first-order valence-electron chi connectivity index (χ1n) is 20.0. The number of aliphatic hydroxyl groups is 4. The molecular weight excluding hydrogens is 644 g/mol. The van der Waals surface area contributed by atoms with Gasteiger partial charge in [-0.1, -0.05) is 44.9 Å². The fourth-order valence-corrected chi connectivity index (χ4v) is 14.8. The van der Waals surface area contributed by atoms with E-state index in [1.165, 1.54) is 0 Å². The molecular formula is C43H58O8. The third-order valence-electron chi connectivity index (χ3n) is 17.4. The van der Waals surface area contributed by atoms with Crippen LogP contribution >= 0.6 is 0 Å². The predicted octanol–water partition coefficient (Wildman–Crippen LogP) is 5.54. The van der Waals surface area contributed by atoms with E-state index in [9.17, 15) is 39.6 Å². The highest BCUT2D eigenvalue weighted by Crippen LogP contribution is 2.69. The van der Waals surface area contributed by atoms with Crippen LogP contribution in [0.3, 0.4) is 0 Å². The van der Waals surface area contributed by atoms with Crippen LogP contribution in [0, 0.1) is 57.2 Å². The zero-order valence-corrected chi connectivity index (χ0v) is 31.0. The third-order valence-corrected chi connectivity index (χ3v) is 17.4. The Labute approximate surface area is 302 Å². The van der Waals surface area contributed by atoms with E-state index in [1.807, 2.05) is 26.0 Å². The minimum absolute atomic E-state index is 0.00277. The van der Waals surface area contributed by atoms with Gasteiger partial charge in [0.2, 0.25) is 0 Å². The number of Topliss-reactive ketones (excluding diaryl/α,β-unsaturated/α-hetero) is 2. The number of carbonyl (C=O) groups excluding carboxylic acids is 4. The Morgan fingerprint density at radius 1 is 0.706 bits per heavy atom. The van der Waals surface area contributed by atoms with Crippen molar-refractivity contribution in [1.29, 1.82) is 0 Å². The van der Waals surface area contributed by atoms with Gasteiger partial charge in [0, 0.05) is 41.4 Å². The molecule has 0 aromatic heterocycles. The van der Waals surface area contributed by atoms with E-state index in [4.69, 9.17) is 0 Å². The van der Waals surface area contributed by atoms with Gasteiger partial charge in [-0.05, 0) is 130 Å². The van der Waals surface area contributed by atoms with Crippen molar-refractivity contribution >= 4 is 23.1 Å². The highest BCUT2D eigenvalue weighted by atomic mass is 16.3. The smallest absolute Gasteiger partial charge is 0.178 e. The van der Waals surface area contributed by atoms with Crippen LogP contribution in [0.2, 0.25) is 0 Å². The second-order valence-electron chi connectivity index (χ2n) is 19.3. The molecule has 0 amide bonds. The van der Waals surface area contributed by atoms with Gasteiger partial charge in [-0.25, -0.2) is 0 Å². The van der Waals surface area contributed by atoms with E-state index in [2.05, 4.69) is 13.8 Å². The number of carbonyl (C=O) groups is 4. The van der Waals surface area contributed by atoms with Crippen LogP contribution in [0.25, 0.3) is 0 Å². The van der Waals surface area contributed by atoms with E-state index >= 15 is 0 Å². The lowest BCUT2D eigenvalue weighted by Crippen LogP contribution is -2.61. The zero-order valence-electron chi connectivity index (χ0n) is 31.0. The molecule has 8 aliphatic rings. The van der Waals surface area contributed by atoms with Crippen LogP contribution in [0.1, 0.15) is 124 Å². The average molecular weight is 703 g/mol. The second kappa shape index (κ2) is 11.6. The number of rotatable bonds is 6. The Hall–Kier alpha value is -2.26. The van der Waals surface area contributed by atoms with Gasteiger partial charge in [0.1, 0.15) is 11.2 Å². The van der Waals surface area contributed by atoms with E-state index in [1.54, 1.807) is 12.2 Å². The summed E-state index contributed by atoms with van der Waals surface area (Å²) >= 11 is 0. The molecule has 8 aliphatic carbocycles. The topological polar surface area (TPSA) is 149 Å². The monoisotopic (exact) mass is 702 g/mol. The highest BCUT2D eigenvalue weighted by molar-refractivity contribution is 6.01. The van der Waals surface area contributed by atoms with Crippen LogP contribution in [-0.4, -0.2) is 67.0 Å². The van der Waals surface area contributed by atoms with Crippen LogP contribution in [0.15, 0.2) is 35.5 Å². The first-order chi connectivity index (χ1) is 23.9.